The van der Waals surface area contributed by atoms with Crippen LogP contribution < -0.4 is 5.32 Å². The number of hydrogen-bond acceptors (Lipinski definition) is 3. The fourth-order valence-corrected chi connectivity index (χ4v) is 5.43. The zero-order chi connectivity index (χ0) is 16.7. The summed E-state index contributed by atoms with van der Waals surface area (Å²) < 4.78 is 0. The van der Waals surface area contributed by atoms with E-state index in [1.807, 2.05) is 0 Å². The van der Waals surface area contributed by atoms with Gasteiger partial charge in [-0.15, -0.1) is 0 Å². The maximum absolute atomic E-state index is 13.0. The quantitative estimate of drug-likeness (QED) is 0.870. The van der Waals surface area contributed by atoms with Crippen molar-refractivity contribution in [2.24, 2.45) is 23.2 Å². The molecule has 4 fully saturated rings. The number of carbonyl (C=O) groups excluding carboxylic acids is 1. The van der Waals surface area contributed by atoms with Gasteiger partial charge in [-0.1, -0.05) is 13.8 Å². The molecule has 1 amide bonds. The van der Waals surface area contributed by atoms with E-state index >= 15 is 0 Å². The Morgan fingerprint density at radius 2 is 2.25 bits per heavy atom. The largest absolute Gasteiger partial charge is 0.348 e. The number of amides is 1. The number of rotatable bonds is 5. The van der Waals surface area contributed by atoms with Crippen molar-refractivity contribution in [3.63, 3.8) is 0 Å². The maximum atomic E-state index is 13.0. The van der Waals surface area contributed by atoms with Crippen molar-refractivity contribution in [2.45, 2.75) is 52.0 Å². The van der Waals surface area contributed by atoms with Gasteiger partial charge < -0.3 is 15.2 Å². The summed E-state index contributed by atoms with van der Waals surface area (Å²) in [7, 11) is 0. The second-order valence-corrected chi connectivity index (χ2v) is 8.60. The van der Waals surface area contributed by atoms with E-state index in [1.165, 1.54) is 19.3 Å². The van der Waals surface area contributed by atoms with Crippen molar-refractivity contribution in [3.05, 3.63) is 18.2 Å². The molecular formula is C19H30N4O. The lowest BCUT2D eigenvalue weighted by molar-refractivity contribution is -0.141. The minimum Gasteiger partial charge on any atom is -0.348 e. The van der Waals surface area contributed by atoms with Crippen LogP contribution in [0.15, 0.2) is 12.4 Å². The third kappa shape index (κ3) is 2.77. The van der Waals surface area contributed by atoms with Crippen LogP contribution in [0.2, 0.25) is 0 Å². The first-order chi connectivity index (χ1) is 11.6. The van der Waals surface area contributed by atoms with Crippen LogP contribution in [0, 0.1) is 23.2 Å². The average molecular weight is 330 g/mol. The lowest BCUT2D eigenvalue weighted by atomic mass is 9.45. The van der Waals surface area contributed by atoms with Gasteiger partial charge in [0, 0.05) is 31.5 Å². The van der Waals surface area contributed by atoms with Crippen molar-refractivity contribution in [3.8, 4) is 0 Å². The van der Waals surface area contributed by atoms with Crippen LogP contribution in [0.5, 0.6) is 0 Å². The fraction of sp³-hybridized carbons (Fsp3) is 0.789. The van der Waals surface area contributed by atoms with Gasteiger partial charge >= 0.3 is 0 Å². The number of aromatic amines is 1. The molecule has 4 aliphatic rings. The maximum Gasteiger partial charge on any atom is 0.230 e. The number of hydrogen-bond donors (Lipinski definition) is 2. The topological polar surface area (TPSA) is 61.0 Å². The molecule has 24 heavy (non-hydrogen) atoms. The Labute approximate surface area is 144 Å². The molecule has 2 heterocycles. The summed E-state index contributed by atoms with van der Waals surface area (Å²) in [5.74, 6) is 3.40. The van der Waals surface area contributed by atoms with Gasteiger partial charge in [0.05, 0.1) is 6.42 Å². The molecule has 3 saturated carbocycles. The van der Waals surface area contributed by atoms with Crippen LogP contribution in [0.1, 0.15) is 45.4 Å². The zero-order valence-electron chi connectivity index (χ0n) is 14.9. The molecular weight excluding hydrogens is 300 g/mol. The molecule has 0 radical (unpaired) electrons. The number of aromatic nitrogens is 2. The van der Waals surface area contributed by atoms with Crippen LogP contribution in [-0.2, 0) is 11.2 Å². The SMILES string of the molecule is CC1(C)[C@@H]2CC[C@@H](CN(C(=O)Cc3ncc[nH]3)C3CCNC3)[C@H]1C2. The molecule has 2 N–H and O–H groups in total. The number of nitrogens with zero attached hydrogens (tertiary/aromatic N) is 2. The van der Waals surface area contributed by atoms with Crippen LogP contribution >= 0.6 is 0 Å². The molecule has 5 nitrogen and oxygen atoms in total. The number of carbonyl (C=O) groups is 1. The Morgan fingerprint density at radius 3 is 2.88 bits per heavy atom. The van der Waals surface area contributed by atoms with E-state index in [0.29, 0.717) is 23.8 Å². The second kappa shape index (κ2) is 6.17. The van der Waals surface area contributed by atoms with Crippen molar-refractivity contribution in [1.82, 2.24) is 20.2 Å². The van der Waals surface area contributed by atoms with E-state index in [-0.39, 0.29) is 5.91 Å². The Hall–Kier alpha value is -1.36. The van der Waals surface area contributed by atoms with Crippen LogP contribution in [0.3, 0.4) is 0 Å². The molecule has 2 bridgehead atoms. The molecule has 1 aliphatic heterocycles. The first-order valence-corrected chi connectivity index (χ1v) is 9.54. The minimum absolute atomic E-state index is 0.234. The molecule has 0 aromatic carbocycles. The third-order valence-electron chi connectivity index (χ3n) is 7.10. The molecule has 4 atom stereocenters. The molecule has 5 heteroatoms. The number of nitrogens with one attached hydrogen (secondary N) is 2. The minimum atomic E-state index is 0.234. The van der Waals surface area contributed by atoms with Gasteiger partial charge in [0.25, 0.3) is 0 Å². The van der Waals surface area contributed by atoms with Crippen molar-refractivity contribution in [2.75, 3.05) is 19.6 Å². The predicted octanol–water partition coefficient (Wildman–Crippen LogP) is 2.21. The number of H-pyrrole nitrogens is 1. The lowest BCUT2D eigenvalue weighted by Gasteiger charge is -2.60. The first-order valence-electron chi connectivity index (χ1n) is 9.54. The monoisotopic (exact) mass is 330 g/mol. The molecule has 0 spiro atoms. The summed E-state index contributed by atoms with van der Waals surface area (Å²) in [5, 5.41) is 3.42. The van der Waals surface area contributed by atoms with Gasteiger partial charge in [0.1, 0.15) is 5.82 Å². The van der Waals surface area contributed by atoms with Crippen LogP contribution in [0.4, 0.5) is 0 Å². The van der Waals surface area contributed by atoms with Gasteiger partial charge in [-0.25, -0.2) is 4.98 Å². The summed E-state index contributed by atoms with van der Waals surface area (Å²) in [4.78, 5) is 22.5. The van der Waals surface area contributed by atoms with Crippen molar-refractivity contribution in [1.29, 1.82) is 0 Å². The highest BCUT2D eigenvalue weighted by molar-refractivity contribution is 5.78. The van der Waals surface area contributed by atoms with Crippen LogP contribution in [-0.4, -0.2) is 46.5 Å². The summed E-state index contributed by atoms with van der Waals surface area (Å²) in [5.41, 5.74) is 0.479. The Kier molecular flexibility index (Phi) is 4.15. The molecule has 3 aliphatic carbocycles. The number of imidazole rings is 1. The van der Waals surface area contributed by atoms with Gasteiger partial charge in [-0.2, -0.15) is 0 Å². The second-order valence-electron chi connectivity index (χ2n) is 8.60. The smallest absolute Gasteiger partial charge is 0.230 e. The molecule has 132 valence electrons. The van der Waals surface area contributed by atoms with E-state index in [0.717, 1.165) is 43.7 Å². The number of fused-ring (bicyclic) bond motifs is 2. The van der Waals surface area contributed by atoms with E-state index in [4.69, 9.17) is 0 Å². The van der Waals surface area contributed by atoms with E-state index in [9.17, 15) is 4.79 Å². The molecule has 5 rings (SSSR count). The normalized spacial score (nSPS) is 33.9. The van der Waals surface area contributed by atoms with E-state index in [2.05, 4.69) is 34.0 Å². The fourth-order valence-electron chi connectivity index (χ4n) is 5.43. The summed E-state index contributed by atoms with van der Waals surface area (Å²) >= 11 is 0. The summed E-state index contributed by atoms with van der Waals surface area (Å²) in [6.07, 6.45) is 9.01. The van der Waals surface area contributed by atoms with Gasteiger partial charge in [0.15, 0.2) is 0 Å². The van der Waals surface area contributed by atoms with E-state index < -0.39 is 0 Å². The standard InChI is InChI=1S/C19H30N4O/c1-19(2)14-4-3-13(16(19)9-14)12-23(15-5-6-20-11-15)18(24)10-17-21-7-8-22-17/h7-8,13-16,20H,3-6,9-12H2,1-2H3,(H,21,22)/t13-,14+,15?,16+/m0/s1. The van der Waals surface area contributed by atoms with Gasteiger partial charge in [-0.05, 0) is 55.4 Å². The Bertz CT molecular complexity index is 574. The third-order valence-corrected chi connectivity index (χ3v) is 7.10. The average Bonchev–Trinajstić information content (AvgIpc) is 3.26. The lowest BCUT2D eigenvalue weighted by Crippen LogP contribution is -2.56. The zero-order valence-corrected chi connectivity index (χ0v) is 14.9. The molecule has 1 unspecified atom stereocenters. The highest BCUT2D eigenvalue weighted by Gasteiger charge is 2.54. The molecule has 1 aromatic heterocycles. The molecule has 1 saturated heterocycles. The highest BCUT2D eigenvalue weighted by atomic mass is 16.2. The van der Waals surface area contributed by atoms with Crippen molar-refractivity contribution < 1.29 is 4.79 Å². The molecule has 1 aromatic rings. The highest BCUT2D eigenvalue weighted by Crippen LogP contribution is 2.61. The van der Waals surface area contributed by atoms with Gasteiger partial charge in [0.2, 0.25) is 5.91 Å². The summed E-state index contributed by atoms with van der Waals surface area (Å²) in [6, 6.07) is 0.355. The van der Waals surface area contributed by atoms with Crippen molar-refractivity contribution >= 4 is 5.91 Å². The Balaban J connectivity index is 1.47. The van der Waals surface area contributed by atoms with E-state index in [1.54, 1.807) is 12.4 Å². The predicted molar refractivity (Wildman–Crippen MR) is 93.4 cm³/mol. The van der Waals surface area contributed by atoms with Gasteiger partial charge in [-0.3, -0.25) is 4.79 Å². The summed E-state index contributed by atoms with van der Waals surface area (Å²) in [6.45, 7) is 7.77. The first kappa shape index (κ1) is 16.1. The Morgan fingerprint density at radius 1 is 1.38 bits per heavy atom. The van der Waals surface area contributed by atoms with Crippen LogP contribution in [0.25, 0.3) is 0 Å².